The Hall–Kier alpha value is -2.64. The molecule has 8 nitrogen and oxygen atoms in total. The zero-order valence-electron chi connectivity index (χ0n) is 11.8. The predicted molar refractivity (Wildman–Crippen MR) is 76.4 cm³/mol. The van der Waals surface area contributed by atoms with E-state index in [1.807, 2.05) is 13.8 Å². The van der Waals surface area contributed by atoms with Gasteiger partial charge in [-0.2, -0.15) is 0 Å². The minimum atomic E-state index is -1.25. The van der Waals surface area contributed by atoms with Gasteiger partial charge in [0.2, 0.25) is 5.91 Å². The van der Waals surface area contributed by atoms with Gasteiger partial charge < -0.3 is 15.7 Å². The first-order valence-corrected chi connectivity index (χ1v) is 6.33. The van der Waals surface area contributed by atoms with Crippen molar-refractivity contribution >= 4 is 23.3 Å². The van der Waals surface area contributed by atoms with E-state index in [1.165, 1.54) is 12.1 Å². The zero-order chi connectivity index (χ0) is 16.0. The number of hydrogen-bond donors (Lipinski definition) is 3. The van der Waals surface area contributed by atoms with Crippen molar-refractivity contribution in [3.8, 4) is 0 Å². The van der Waals surface area contributed by atoms with E-state index in [0.29, 0.717) is 12.5 Å². The Bertz CT molecular complexity index is 557. The molecule has 0 saturated carbocycles. The van der Waals surface area contributed by atoms with Gasteiger partial charge in [0.25, 0.3) is 5.69 Å². The van der Waals surface area contributed by atoms with Gasteiger partial charge in [0, 0.05) is 12.6 Å². The summed E-state index contributed by atoms with van der Waals surface area (Å²) in [6.07, 6.45) is 0. The molecule has 3 N–H and O–H groups in total. The number of aromatic carboxylic acids is 1. The number of nitro groups is 1. The SMILES string of the molecule is CC(C)CNC(=O)CNc1ccc(C(=O)O)cc1[N+](=O)[O-]. The average molecular weight is 295 g/mol. The van der Waals surface area contributed by atoms with Gasteiger partial charge in [0.1, 0.15) is 5.69 Å². The highest BCUT2D eigenvalue weighted by Gasteiger charge is 2.17. The number of nitrogens with zero attached hydrogens (tertiary/aromatic N) is 1. The van der Waals surface area contributed by atoms with Crippen molar-refractivity contribution in [3.63, 3.8) is 0 Å². The van der Waals surface area contributed by atoms with E-state index in [4.69, 9.17) is 5.11 Å². The molecule has 1 aromatic rings. The highest BCUT2D eigenvalue weighted by Crippen LogP contribution is 2.25. The van der Waals surface area contributed by atoms with E-state index >= 15 is 0 Å². The average Bonchev–Trinajstić information content (AvgIpc) is 2.42. The summed E-state index contributed by atoms with van der Waals surface area (Å²) in [5.74, 6) is -1.24. The zero-order valence-corrected chi connectivity index (χ0v) is 11.8. The molecule has 0 unspecified atom stereocenters. The van der Waals surface area contributed by atoms with Crippen LogP contribution in [0.5, 0.6) is 0 Å². The summed E-state index contributed by atoms with van der Waals surface area (Å²) in [5.41, 5.74) is -0.465. The van der Waals surface area contributed by atoms with E-state index in [1.54, 1.807) is 0 Å². The fourth-order valence-corrected chi connectivity index (χ4v) is 1.52. The predicted octanol–water partition coefficient (Wildman–Crippen LogP) is 1.48. The van der Waals surface area contributed by atoms with Crippen LogP contribution in [-0.2, 0) is 4.79 Å². The maximum absolute atomic E-state index is 11.5. The van der Waals surface area contributed by atoms with Crippen LogP contribution in [0.1, 0.15) is 24.2 Å². The molecule has 0 aliphatic heterocycles. The first-order valence-electron chi connectivity index (χ1n) is 6.33. The molecular formula is C13H17N3O5. The molecule has 21 heavy (non-hydrogen) atoms. The number of benzene rings is 1. The molecule has 0 bridgehead atoms. The number of nitrogens with one attached hydrogen (secondary N) is 2. The van der Waals surface area contributed by atoms with Crippen molar-refractivity contribution in [3.05, 3.63) is 33.9 Å². The molecule has 0 radical (unpaired) electrons. The Labute approximate surface area is 121 Å². The summed E-state index contributed by atoms with van der Waals surface area (Å²) < 4.78 is 0. The van der Waals surface area contributed by atoms with Crippen LogP contribution >= 0.6 is 0 Å². The second kappa shape index (κ2) is 7.22. The molecular weight excluding hydrogens is 278 g/mol. The monoisotopic (exact) mass is 295 g/mol. The molecule has 0 fully saturated rings. The fraction of sp³-hybridized carbons (Fsp3) is 0.385. The van der Waals surface area contributed by atoms with Gasteiger partial charge in [-0.05, 0) is 18.1 Å². The molecule has 0 aliphatic rings. The fourth-order valence-electron chi connectivity index (χ4n) is 1.52. The number of anilines is 1. The molecule has 0 aliphatic carbocycles. The van der Waals surface area contributed by atoms with Gasteiger partial charge >= 0.3 is 5.97 Å². The molecule has 1 amide bonds. The van der Waals surface area contributed by atoms with Crippen molar-refractivity contribution in [2.45, 2.75) is 13.8 Å². The summed E-state index contributed by atoms with van der Waals surface area (Å²) in [4.78, 5) is 32.6. The van der Waals surface area contributed by atoms with Crippen LogP contribution in [0.25, 0.3) is 0 Å². The van der Waals surface area contributed by atoms with Gasteiger partial charge in [-0.1, -0.05) is 13.8 Å². The van der Waals surface area contributed by atoms with E-state index < -0.39 is 10.9 Å². The minimum absolute atomic E-state index is 0.102. The molecule has 114 valence electrons. The molecule has 8 heteroatoms. The number of rotatable bonds is 7. The lowest BCUT2D eigenvalue weighted by atomic mass is 10.1. The van der Waals surface area contributed by atoms with Crippen LogP contribution in [0.4, 0.5) is 11.4 Å². The number of hydrogen-bond acceptors (Lipinski definition) is 5. The van der Waals surface area contributed by atoms with Crippen molar-refractivity contribution in [2.24, 2.45) is 5.92 Å². The third-order valence-corrected chi connectivity index (χ3v) is 2.59. The van der Waals surface area contributed by atoms with Crippen LogP contribution in [0.3, 0.4) is 0 Å². The topological polar surface area (TPSA) is 122 Å². The van der Waals surface area contributed by atoms with Crippen LogP contribution in [0, 0.1) is 16.0 Å². The van der Waals surface area contributed by atoms with E-state index in [0.717, 1.165) is 6.07 Å². The Morgan fingerprint density at radius 2 is 2.05 bits per heavy atom. The molecule has 0 atom stereocenters. The molecule has 0 aromatic heterocycles. The highest BCUT2D eigenvalue weighted by molar-refractivity contribution is 5.90. The second-order valence-electron chi connectivity index (χ2n) is 4.85. The van der Waals surface area contributed by atoms with Gasteiger partial charge in [0.15, 0.2) is 0 Å². The van der Waals surface area contributed by atoms with E-state index in [9.17, 15) is 19.7 Å². The summed E-state index contributed by atoms with van der Waals surface area (Å²) in [6.45, 7) is 4.28. The maximum Gasteiger partial charge on any atom is 0.335 e. The lowest BCUT2D eigenvalue weighted by molar-refractivity contribution is -0.384. The van der Waals surface area contributed by atoms with Gasteiger partial charge in [-0.25, -0.2) is 4.79 Å². The Balaban J connectivity index is 2.77. The highest BCUT2D eigenvalue weighted by atomic mass is 16.6. The standard InChI is InChI=1S/C13H17N3O5/c1-8(2)6-15-12(17)7-14-10-4-3-9(13(18)19)5-11(10)16(20)21/h3-5,8,14H,6-7H2,1-2H3,(H,15,17)(H,18,19). The summed E-state index contributed by atoms with van der Waals surface area (Å²) in [6, 6.07) is 3.47. The van der Waals surface area contributed by atoms with Crippen LogP contribution in [0.15, 0.2) is 18.2 Å². The first kappa shape index (κ1) is 16.4. The summed E-state index contributed by atoms with van der Waals surface area (Å²) in [7, 11) is 0. The van der Waals surface area contributed by atoms with E-state index in [2.05, 4.69) is 10.6 Å². The lowest BCUT2D eigenvalue weighted by Crippen LogP contribution is -2.32. The second-order valence-corrected chi connectivity index (χ2v) is 4.85. The number of carbonyl (C=O) groups excluding carboxylic acids is 1. The van der Waals surface area contributed by atoms with Gasteiger partial charge in [-0.15, -0.1) is 0 Å². The van der Waals surface area contributed by atoms with Crippen molar-refractivity contribution in [2.75, 3.05) is 18.4 Å². The molecule has 0 saturated heterocycles. The third kappa shape index (κ3) is 5.09. The maximum atomic E-state index is 11.5. The first-order chi connectivity index (χ1) is 9.81. The number of carboxylic acid groups (broad SMARTS) is 1. The lowest BCUT2D eigenvalue weighted by Gasteiger charge is -2.10. The molecule has 0 heterocycles. The summed E-state index contributed by atoms with van der Waals surface area (Å²) >= 11 is 0. The molecule has 1 rings (SSSR count). The van der Waals surface area contributed by atoms with E-state index in [-0.39, 0.29) is 29.4 Å². The Morgan fingerprint density at radius 3 is 2.57 bits per heavy atom. The third-order valence-electron chi connectivity index (χ3n) is 2.59. The normalized spacial score (nSPS) is 10.2. The number of amides is 1. The van der Waals surface area contributed by atoms with Crippen molar-refractivity contribution < 1.29 is 19.6 Å². The number of nitro benzene ring substituents is 1. The van der Waals surface area contributed by atoms with Gasteiger partial charge in [0.05, 0.1) is 17.0 Å². The van der Waals surface area contributed by atoms with Crippen molar-refractivity contribution in [1.29, 1.82) is 0 Å². The Morgan fingerprint density at radius 1 is 1.38 bits per heavy atom. The van der Waals surface area contributed by atoms with Crippen LogP contribution in [-0.4, -0.2) is 35.0 Å². The summed E-state index contributed by atoms with van der Waals surface area (Å²) in [5, 5.41) is 25.0. The smallest absolute Gasteiger partial charge is 0.335 e. The van der Waals surface area contributed by atoms with Gasteiger partial charge in [-0.3, -0.25) is 14.9 Å². The largest absolute Gasteiger partial charge is 0.478 e. The quantitative estimate of drug-likeness (QED) is 0.517. The molecule has 1 aromatic carbocycles. The van der Waals surface area contributed by atoms with Crippen molar-refractivity contribution in [1.82, 2.24) is 5.32 Å². The van der Waals surface area contributed by atoms with Crippen LogP contribution < -0.4 is 10.6 Å². The number of carbonyl (C=O) groups is 2. The minimum Gasteiger partial charge on any atom is -0.478 e. The Kier molecular flexibility index (Phi) is 5.65. The molecule has 0 spiro atoms. The van der Waals surface area contributed by atoms with Crippen LogP contribution in [0.2, 0.25) is 0 Å². The number of carboxylic acids is 1.